The SMILES string of the molecule is FCSC(F)(F)S. The molecule has 0 aromatic rings. The molecular formula is C2H3F3S2. The molecule has 0 N–H and O–H groups in total. The van der Waals surface area contributed by atoms with Crippen LogP contribution in [0.4, 0.5) is 13.2 Å². The lowest BCUT2D eigenvalue weighted by Crippen LogP contribution is -1.96. The van der Waals surface area contributed by atoms with E-state index in [0.717, 1.165) is 0 Å². The van der Waals surface area contributed by atoms with Gasteiger partial charge in [-0.15, -0.1) is 0 Å². The number of thiol groups is 1. The minimum atomic E-state index is -3.21. The van der Waals surface area contributed by atoms with Crippen molar-refractivity contribution in [3.8, 4) is 0 Å². The van der Waals surface area contributed by atoms with Crippen molar-refractivity contribution < 1.29 is 13.2 Å². The third-order valence-electron chi connectivity index (χ3n) is 0.228. The number of hydrogen-bond donors (Lipinski definition) is 1. The summed E-state index contributed by atoms with van der Waals surface area (Å²) in [5, 5.41) is 0. The Morgan fingerprint density at radius 1 is 1.57 bits per heavy atom. The van der Waals surface area contributed by atoms with Gasteiger partial charge in [0.2, 0.25) is 0 Å². The van der Waals surface area contributed by atoms with Crippen LogP contribution in [0.2, 0.25) is 0 Å². The van der Waals surface area contributed by atoms with E-state index in [9.17, 15) is 13.2 Å². The number of thioether (sulfide) groups is 1. The van der Waals surface area contributed by atoms with Crippen molar-refractivity contribution in [2.75, 3.05) is 6.01 Å². The smallest absolute Gasteiger partial charge is 0.239 e. The Morgan fingerprint density at radius 2 is 2.00 bits per heavy atom. The molecule has 0 aliphatic heterocycles. The van der Waals surface area contributed by atoms with Gasteiger partial charge in [-0.25, -0.2) is 4.39 Å². The van der Waals surface area contributed by atoms with Crippen LogP contribution in [0.25, 0.3) is 0 Å². The molecule has 0 radical (unpaired) electrons. The zero-order valence-electron chi connectivity index (χ0n) is 3.20. The molecule has 0 atom stereocenters. The molecule has 0 aromatic carbocycles. The highest BCUT2D eigenvalue weighted by molar-refractivity contribution is 8.10. The van der Waals surface area contributed by atoms with Gasteiger partial charge in [0, 0.05) is 0 Å². The fraction of sp³-hybridized carbons (Fsp3) is 1.00. The van der Waals surface area contributed by atoms with E-state index in [1.807, 2.05) is 0 Å². The van der Waals surface area contributed by atoms with Crippen LogP contribution in [-0.2, 0) is 0 Å². The van der Waals surface area contributed by atoms with Gasteiger partial charge >= 0.3 is 4.59 Å². The molecule has 0 nitrogen and oxygen atoms in total. The Bertz CT molecular complexity index is 49.4. The summed E-state index contributed by atoms with van der Waals surface area (Å²) < 4.78 is 30.3. The van der Waals surface area contributed by atoms with E-state index in [-0.39, 0.29) is 11.8 Å². The highest BCUT2D eigenvalue weighted by atomic mass is 32.2. The molecule has 0 amide bonds. The second-order valence-corrected chi connectivity index (χ2v) is 2.62. The van der Waals surface area contributed by atoms with Crippen LogP contribution in [0, 0.1) is 0 Å². The quantitative estimate of drug-likeness (QED) is 0.462. The fourth-order valence-electron chi connectivity index (χ4n) is 0.0656. The van der Waals surface area contributed by atoms with Crippen LogP contribution in [0.1, 0.15) is 0 Å². The van der Waals surface area contributed by atoms with E-state index in [2.05, 4.69) is 12.6 Å². The molecule has 0 aliphatic carbocycles. The summed E-state index contributed by atoms with van der Waals surface area (Å²) in [6.07, 6.45) is 0. The Labute approximate surface area is 48.9 Å². The van der Waals surface area contributed by atoms with E-state index in [0.29, 0.717) is 0 Å². The average molecular weight is 148 g/mol. The number of halogens is 3. The summed E-state index contributed by atoms with van der Waals surface area (Å²) in [4.78, 5) is 0. The van der Waals surface area contributed by atoms with Crippen molar-refractivity contribution in [2.24, 2.45) is 0 Å². The summed E-state index contributed by atoms with van der Waals surface area (Å²) >= 11 is 2.58. The first-order valence-corrected chi connectivity index (χ1v) is 2.79. The molecule has 0 aliphatic rings. The molecule has 7 heavy (non-hydrogen) atoms. The third-order valence-corrected chi connectivity index (χ3v) is 1.07. The lowest BCUT2D eigenvalue weighted by Gasteiger charge is -2.01. The van der Waals surface area contributed by atoms with E-state index in [4.69, 9.17) is 0 Å². The van der Waals surface area contributed by atoms with Crippen LogP contribution in [0.15, 0.2) is 0 Å². The van der Waals surface area contributed by atoms with Crippen LogP contribution in [0.5, 0.6) is 0 Å². The third kappa shape index (κ3) is 6.49. The van der Waals surface area contributed by atoms with Gasteiger partial charge in [0.1, 0.15) is 6.01 Å². The van der Waals surface area contributed by atoms with Gasteiger partial charge in [-0.3, -0.25) is 0 Å². The molecule has 5 heteroatoms. The topological polar surface area (TPSA) is 0 Å². The molecular weight excluding hydrogens is 145 g/mol. The van der Waals surface area contributed by atoms with Gasteiger partial charge in [-0.2, -0.15) is 8.78 Å². The van der Waals surface area contributed by atoms with Gasteiger partial charge in [0.25, 0.3) is 0 Å². The molecule has 0 saturated carbocycles. The van der Waals surface area contributed by atoms with Crippen molar-refractivity contribution in [1.82, 2.24) is 0 Å². The Balaban J connectivity index is 3.15. The molecule has 44 valence electrons. The zero-order chi connectivity index (χ0) is 5.91. The first kappa shape index (κ1) is 7.49. The number of alkyl halides is 3. The van der Waals surface area contributed by atoms with E-state index in [1.165, 1.54) is 0 Å². The first-order chi connectivity index (χ1) is 3.06. The molecule has 0 rings (SSSR count). The number of hydrogen-bond acceptors (Lipinski definition) is 2. The molecule has 0 saturated heterocycles. The molecule has 0 bridgehead atoms. The molecule has 0 unspecified atom stereocenters. The minimum absolute atomic E-state index is 0.147. The second kappa shape index (κ2) is 2.71. The van der Waals surface area contributed by atoms with E-state index >= 15 is 0 Å². The van der Waals surface area contributed by atoms with Gasteiger partial charge in [-0.1, -0.05) is 12.6 Å². The monoisotopic (exact) mass is 148 g/mol. The van der Waals surface area contributed by atoms with E-state index in [1.54, 1.807) is 0 Å². The van der Waals surface area contributed by atoms with Gasteiger partial charge in [0.05, 0.1) is 0 Å². The summed E-state index contributed by atoms with van der Waals surface area (Å²) in [5.41, 5.74) is 0. The predicted octanol–water partition coefficient (Wildman–Crippen LogP) is 2.13. The second-order valence-electron chi connectivity index (χ2n) is 0.739. The highest BCUT2D eigenvalue weighted by Gasteiger charge is 2.22. The Kier molecular flexibility index (Phi) is 2.90. The van der Waals surface area contributed by atoms with Crippen LogP contribution < -0.4 is 0 Å². The fourth-order valence-corrected chi connectivity index (χ4v) is 0.343. The number of rotatable bonds is 2. The lowest BCUT2D eigenvalue weighted by atomic mass is 11.6. The standard InChI is InChI=1S/C2H3F3S2/c3-1-7-2(4,5)6/h6H,1H2. The zero-order valence-corrected chi connectivity index (χ0v) is 4.91. The van der Waals surface area contributed by atoms with Crippen LogP contribution in [-0.4, -0.2) is 10.6 Å². The summed E-state index contributed by atoms with van der Waals surface area (Å²) in [6, 6.07) is -1.10. The van der Waals surface area contributed by atoms with Crippen molar-refractivity contribution in [2.45, 2.75) is 4.59 Å². The summed E-state index contributed by atoms with van der Waals surface area (Å²) in [7, 11) is 0. The van der Waals surface area contributed by atoms with Crippen LogP contribution in [0.3, 0.4) is 0 Å². The molecule has 0 aromatic heterocycles. The maximum atomic E-state index is 11.3. The minimum Gasteiger partial charge on any atom is -0.239 e. The summed E-state index contributed by atoms with van der Waals surface area (Å²) in [6.45, 7) is 0. The first-order valence-electron chi connectivity index (χ1n) is 1.36. The lowest BCUT2D eigenvalue weighted by molar-refractivity contribution is 0.214. The van der Waals surface area contributed by atoms with Gasteiger partial charge < -0.3 is 0 Å². The van der Waals surface area contributed by atoms with Crippen molar-refractivity contribution in [3.05, 3.63) is 0 Å². The average Bonchev–Trinajstić information content (AvgIpc) is 1.30. The van der Waals surface area contributed by atoms with Crippen molar-refractivity contribution in [3.63, 3.8) is 0 Å². The summed E-state index contributed by atoms with van der Waals surface area (Å²) in [5.74, 6) is 0. The Hall–Kier alpha value is 0.490. The normalized spacial score (nSPS) is 12.0. The maximum Gasteiger partial charge on any atom is 0.341 e. The maximum absolute atomic E-state index is 11.3. The van der Waals surface area contributed by atoms with Gasteiger partial charge in [-0.05, 0) is 11.8 Å². The van der Waals surface area contributed by atoms with Crippen molar-refractivity contribution >= 4 is 24.4 Å². The predicted molar refractivity (Wildman–Crippen MR) is 27.5 cm³/mol. The molecule has 0 fully saturated rings. The Morgan fingerprint density at radius 3 is 2.00 bits per heavy atom. The van der Waals surface area contributed by atoms with Crippen molar-refractivity contribution in [1.29, 1.82) is 0 Å². The largest absolute Gasteiger partial charge is 0.341 e. The van der Waals surface area contributed by atoms with Gasteiger partial charge in [0.15, 0.2) is 0 Å². The highest BCUT2D eigenvalue weighted by Crippen LogP contribution is 2.32. The van der Waals surface area contributed by atoms with Crippen LogP contribution >= 0.6 is 24.4 Å². The van der Waals surface area contributed by atoms with E-state index < -0.39 is 10.6 Å². The molecule has 0 spiro atoms. The molecule has 0 heterocycles.